The summed E-state index contributed by atoms with van der Waals surface area (Å²) in [5, 5.41) is 44.7. The summed E-state index contributed by atoms with van der Waals surface area (Å²) in [6.07, 6.45) is -4.04. The molecule has 5 N–H and O–H groups in total. The van der Waals surface area contributed by atoms with Crippen LogP contribution in [0.3, 0.4) is 0 Å². The van der Waals surface area contributed by atoms with Crippen molar-refractivity contribution in [3.63, 3.8) is 0 Å². The summed E-state index contributed by atoms with van der Waals surface area (Å²) in [4.78, 5) is 0. The van der Waals surface area contributed by atoms with E-state index in [1.54, 1.807) is 0 Å². The third kappa shape index (κ3) is 4.47. The van der Waals surface area contributed by atoms with Gasteiger partial charge < -0.3 is 35.0 Å². The highest BCUT2D eigenvalue weighted by Crippen LogP contribution is 2.28. The van der Waals surface area contributed by atoms with Crippen LogP contribution in [0.5, 0.6) is 0 Å². The van der Waals surface area contributed by atoms with Gasteiger partial charge in [0.15, 0.2) is 0 Å². The fourth-order valence-corrected chi connectivity index (χ4v) is 1.35. The Morgan fingerprint density at radius 3 is 1.88 bits per heavy atom. The molecule has 4 atom stereocenters. The molecule has 0 aromatic carbocycles. The molecule has 7 heteroatoms. The van der Waals surface area contributed by atoms with E-state index in [9.17, 15) is 5.11 Å². The normalized spacial score (nSPS) is 36.5. The van der Waals surface area contributed by atoms with Crippen molar-refractivity contribution in [2.45, 2.75) is 37.9 Å². The fraction of sp³-hybridized carbons (Fsp3) is 1.00. The van der Waals surface area contributed by atoms with Crippen molar-refractivity contribution < 1.29 is 35.0 Å². The average Bonchev–Trinajstić information content (AvgIpc) is 2.56. The van der Waals surface area contributed by atoms with Gasteiger partial charge in [-0.15, -0.1) is 0 Å². The Morgan fingerprint density at radius 2 is 1.71 bits per heavy atom. The minimum Gasteiger partial charge on any atom is -0.394 e. The molecule has 0 radical (unpaired) electrons. The van der Waals surface area contributed by atoms with Gasteiger partial charge in [0, 0.05) is 13.2 Å². The van der Waals surface area contributed by atoms with Gasteiger partial charge in [-0.3, -0.25) is 0 Å². The predicted molar refractivity (Wildman–Crippen MR) is 58.2 cm³/mol. The van der Waals surface area contributed by atoms with Crippen molar-refractivity contribution in [2.24, 2.45) is 0 Å². The molecule has 0 saturated carbocycles. The largest absolute Gasteiger partial charge is 0.394 e. The lowest BCUT2D eigenvalue weighted by Crippen LogP contribution is -2.46. The average molecular weight is 254 g/mol. The summed E-state index contributed by atoms with van der Waals surface area (Å²) in [5.74, 6) is -2.16. The van der Waals surface area contributed by atoms with Crippen LogP contribution in [-0.4, -0.2) is 76.1 Å². The number of aliphatic hydroxyl groups is 5. The maximum Gasteiger partial charge on any atom is 0.219 e. The summed E-state index contributed by atoms with van der Waals surface area (Å²) < 4.78 is 9.46. The molecular weight excluding hydrogens is 232 g/mol. The summed E-state index contributed by atoms with van der Waals surface area (Å²) in [5.41, 5.74) is 0. The molecule has 17 heavy (non-hydrogen) atoms. The lowest BCUT2D eigenvalue weighted by atomic mass is 10.1. The van der Waals surface area contributed by atoms with Crippen molar-refractivity contribution in [3.05, 3.63) is 0 Å². The first kappa shape index (κ1) is 16.7. The molecule has 104 valence electrons. The van der Waals surface area contributed by atoms with Crippen molar-refractivity contribution in [2.75, 3.05) is 26.4 Å². The first-order valence-corrected chi connectivity index (χ1v) is 5.52. The minimum atomic E-state index is -2.16. The summed E-state index contributed by atoms with van der Waals surface area (Å²) in [6, 6.07) is 0. The van der Waals surface area contributed by atoms with Crippen LogP contribution in [0.4, 0.5) is 0 Å². The molecule has 0 bridgehead atoms. The fourth-order valence-electron chi connectivity index (χ4n) is 1.35. The van der Waals surface area contributed by atoms with E-state index >= 15 is 0 Å². The summed E-state index contributed by atoms with van der Waals surface area (Å²) in [6.45, 7) is 4.31. The Bertz CT molecular complexity index is 199. The molecule has 1 aliphatic heterocycles. The van der Waals surface area contributed by atoms with E-state index in [2.05, 4.69) is 4.74 Å². The molecule has 0 unspecified atom stereocenters. The van der Waals surface area contributed by atoms with Crippen LogP contribution in [0.2, 0.25) is 0 Å². The van der Waals surface area contributed by atoms with E-state index in [4.69, 9.17) is 25.2 Å². The van der Waals surface area contributed by atoms with E-state index in [0.29, 0.717) is 0 Å². The summed E-state index contributed by atoms with van der Waals surface area (Å²) >= 11 is 0. The van der Waals surface area contributed by atoms with Gasteiger partial charge in [0.1, 0.15) is 18.3 Å². The monoisotopic (exact) mass is 254 g/mol. The molecule has 1 rings (SSSR count). The highest BCUT2D eigenvalue weighted by atomic mass is 16.7. The number of ether oxygens (including phenoxy) is 2. The second kappa shape index (κ2) is 7.93. The van der Waals surface area contributed by atoms with Gasteiger partial charge in [-0.25, -0.2) is 0 Å². The van der Waals surface area contributed by atoms with Gasteiger partial charge >= 0.3 is 0 Å². The Kier molecular flexibility index (Phi) is 7.80. The molecule has 1 aliphatic rings. The molecule has 1 saturated heterocycles. The second-order valence-electron chi connectivity index (χ2n) is 3.56. The Labute approximate surface area is 100 Å². The van der Waals surface area contributed by atoms with Crippen molar-refractivity contribution >= 4 is 0 Å². The molecule has 7 nitrogen and oxygen atoms in total. The molecule has 1 fully saturated rings. The lowest BCUT2D eigenvalue weighted by Gasteiger charge is -2.22. The molecule has 0 spiro atoms. The van der Waals surface area contributed by atoms with Gasteiger partial charge in [0.05, 0.1) is 13.2 Å². The molecule has 0 amide bonds. The highest BCUT2D eigenvalue weighted by molar-refractivity contribution is 4.94. The first-order chi connectivity index (χ1) is 7.96. The molecule has 1 heterocycles. The van der Waals surface area contributed by atoms with Crippen molar-refractivity contribution in [1.82, 2.24) is 0 Å². The maximum absolute atomic E-state index is 9.25. The predicted octanol–water partition coefficient (Wildman–Crippen LogP) is -2.18. The van der Waals surface area contributed by atoms with Crippen LogP contribution in [-0.2, 0) is 9.47 Å². The third-order valence-electron chi connectivity index (χ3n) is 2.34. The van der Waals surface area contributed by atoms with Crippen LogP contribution in [0.15, 0.2) is 0 Å². The molecular formula is C10H22O7. The maximum atomic E-state index is 9.25. The lowest BCUT2D eigenvalue weighted by molar-refractivity contribution is -0.248. The standard InChI is InChI=1S/C6H12O6.C4H10O/c7-1-3-4(9)5(10)6(11,2-8)12-3;1-3-5-4-2/h3-5,7-11H,1-2H2;3-4H2,1-2H3/t3-,4-,5+,6-;/m1./s1. The van der Waals surface area contributed by atoms with Gasteiger partial charge in [-0.05, 0) is 13.8 Å². The van der Waals surface area contributed by atoms with Crippen molar-refractivity contribution in [3.8, 4) is 0 Å². The Hall–Kier alpha value is -0.280. The number of rotatable bonds is 4. The molecule has 0 aliphatic carbocycles. The zero-order valence-electron chi connectivity index (χ0n) is 10.1. The quantitative estimate of drug-likeness (QED) is 0.387. The van der Waals surface area contributed by atoms with Crippen LogP contribution in [0, 0.1) is 0 Å². The van der Waals surface area contributed by atoms with Crippen LogP contribution >= 0.6 is 0 Å². The Balaban J connectivity index is 0.000000437. The van der Waals surface area contributed by atoms with E-state index in [1.165, 1.54) is 0 Å². The Morgan fingerprint density at radius 1 is 1.18 bits per heavy atom. The van der Waals surface area contributed by atoms with Gasteiger partial charge in [-0.2, -0.15) is 0 Å². The highest BCUT2D eigenvalue weighted by Gasteiger charge is 2.52. The van der Waals surface area contributed by atoms with E-state index in [1.807, 2.05) is 13.8 Å². The van der Waals surface area contributed by atoms with Gasteiger partial charge in [0.2, 0.25) is 5.79 Å². The smallest absolute Gasteiger partial charge is 0.219 e. The minimum absolute atomic E-state index is 0.527. The topological polar surface area (TPSA) is 120 Å². The SMILES string of the molecule is CCOCC.OC[C@H]1O[C@](O)(CO)[C@@H](O)[C@@H]1O. The van der Waals surface area contributed by atoms with Gasteiger partial charge in [0.25, 0.3) is 0 Å². The molecule has 0 aromatic rings. The van der Waals surface area contributed by atoms with E-state index in [0.717, 1.165) is 13.2 Å². The van der Waals surface area contributed by atoms with Crippen LogP contribution in [0.25, 0.3) is 0 Å². The van der Waals surface area contributed by atoms with Gasteiger partial charge in [-0.1, -0.05) is 0 Å². The first-order valence-electron chi connectivity index (χ1n) is 5.52. The van der Waals surface area contributed by atoms with Crippen LogP contribution in [0.1, 0.15) is 13.8 Å². The zero-order chi connectivity index (χ0) is 13.5. The third-order valence-corrected chi connectivity index (χ3v) is 2.34. The second-order valence-corrected chi connectivity index (χ2v) is 3.56. The molecule has 0 aromatic heterocycles. The number of aliphatic hydroxyl groups excluding tert-OH is 4. The number of hydrogen-bond donors (Lipinski definition) is 5. The summed E-state index contributed by atoms with van der Waals surface area (Å²) in [7, 11) is 0. The number of hydrogen-bond acceptors (Lipinski definition) is 7. The zero-order valence-corrected chi connectivity index (χ0v) is 10.1. The van der Waals surface area contributed by atoms with Crippen LogP contribution < -0.4 is 0 Å². The van der Waals surface area contributed by atoms with E-state index < -0.39 is 37.3 Å². The van der Waals surface area contributed by atoms with Crippen molar-refractivity contribution in [1.29, 1.82) is 0 Å². The van der Waals surface area contributed by atoms with E-state index in [-0.39, 0.29) is 0 Å².